The van der Waals surface area contributed by atoms with Gasteiger partial charge in [0.15, 0.2) is 5.12 Å². The van der Waals surface area contributed by atoms with Gasteiger partial charge in [-0.1, -0.05) is 89.1 Å². The third-order valence-corrected chi connectivity index (χ3v) is 13.4. The van der Waals surface area contributed by atoms with Crippen LogP contribution in [-0.4, -0.2) is 30.8 Å². The molecule has 8 bridgehead atoms. The minimum absolute atomic E-state index is 0.152. The molecule has 0 atom stereocenters. The molecule has 4 aromatic heterocycles. The molecular weight excluding hydrogens is 789 g/mol. The highest BCUT2D eigenvalue weighted by molar-refractivity contribution is 8.13. The van der Waals surface area contributed by atoms with Crippen LogP contribution in [0.25, 0.3) is 22.3 Å². The summed E-state index contributed by atoms with van der Waals surface area (Å²) in [6.45, 7) is 21.5. The lowest BCUT2D eigenvalue weighted by Crippen LogP contribution is -2.20. The summed E-state index contributed by atoms with van der Waals surface area (Å²) >= 11 is 1.38. The Hall–Kier alpha value is -6.50. The Balaban J connectivity index is 1.42. The van der Waals surface area contributed by atoms with Gasteiger partial charge >= 0.3 is 0 Å². The van der Waals surface area contributed by atoms with Gasteiger partial charge in [-0.25, -0.2) is 0 Å². The van der Waals surface area contributed by atoms with E-state index < -0.39 is 0 Å². The molecule has 316 valence electrons. The zero-order chi connectivity index (χ0) is 44.3. The van der Waals surface area contributed by atoms with Gasteiger partial charge in [-0.05, 0) is 178 Å². The number of carbonyl (C=O) groups excluding carboxylic acids is 1. The number of hydrogen-bond acceptors (Lipinski definition) is 2. The van der Waals surface area contributed by atoms with Gasteiger partial charge in [-0.2, -0.15) is 0 Å². The zero-order valence-corrected chi connectivity index (χ0v) is 38.9. The highest BCUT2D eigenvalue weighted by Gasteiger charge is 2.22. The standard InChI is InChI=1S/C57H56N4OS/c1-31-25-34(4)51(35(5)26-31)55-45-17-15-43(58-45)54(42-13-11-41(12-14-42)23-24-63-40(10)62)44-16-18-46(59-44)56(52-36(6)27-32(2)28-37(52)7)48-20-22-50(61-48)57(49-21-19-47(55)60-49)53-38(8)29-33(3)30-39(53)9/h11-22,25-30,58-61H,23-24H2,1-10H3. The Morgan fingerprint density at radius 3 is 1.06 bits per heavy atom. The quantitative estimate of drug-likeness (QED) is 0.129. The van der Waals surface area contributed by atoms with E-state index in [2.05, 4.69) is 191 Å². The average molecular weight is 845 g/mol. The summed E-state index contributed by atoms with van der Waals surface area (Å²) in [5.41, 5.74) is 25.7. The summed E-state index contributed by atoms with van der Waals surface area (Å²) in [6, 6.07) is 40.6. The molecule has 4 N–H and O–H groups in total. The molecule has 0 amide bonds. The van der Waals surface area contributed by atoms with Gasteiger partial charge in [-0.15, -0.1) is 0 Å². The molecule has 0 fully saturated rings. The van der Waals surface area contributed by atoms with E-state index in [0.717, 1.165) is 84.2 Å². The summed E-state index contributed by atoms with van der Waals surface area (Å²) in [5, 5.41) is 4.29. The second-order valence-corrected chi connectivity index (χ2v) is 19.0. The van der Waals surface area contributed by atoms with Crippen LogP contribution >= 0.6 is 11.8 Å². The molecule has 5 nitrogen and oxygen atoms in total. The Morgan fingerprint density at radius 1 is 0.413 bits per heavy atom. The Kier molecular flexibility index (Phi) is 11.1. The van der Waals surface area contributed by atoms with Crippen LogP contribution in [0.1, 0.15) is 108 Å². The van der Waals surface area contributed by atoms with Crippen molar-refractivity contribution in [3.63, 3.8) is 0 Å². The normalized spacial score (nSPS) is 12.7. The predicted octanol–water partition coefficient (Wildman–Crippen LogP) is 9.90. The Labute approximate surface area is 374 Å². The van der Waals surface area contributed by atoms with Crippen molar-refractivity contribution < 1.29 is 4.79 Å². The molecule has 1 aliphatic rings. The predicted molar refractivity (Wildman–Crippen MR) is 263 cm³/mol. The number of rotatable bonds is 7. The van der Waals surface area contributed by atoms with Crippen molar-refractivity contribution in [1.29, 1.82) is 0 Å². The molecule has 0 spiro atoms. The van der Waals surface area contributed by atoms with E-state index in [1.807, 2.05) is 0 Å². The van der Waals surface area contributed by atoms with Gasteiger partial charge in [0.2, 0.25) is 0 Å². The molecule has 5 heterocycles. The fourth-order valence-electron chi connectivity index (χ4n) is 10.3. The first-order chi connectivity index (χ1) is 30.2. The SMILES string of the molecule is CC(=O)SCCc1ccc(C2=c3ccc([nH]3)=C(c3c(C)cc(C)cc3C)c3ccc([nH]3)C(c3c(C)cc(C)cc3C)=c3ccc([nH]3)=C(c3c(C)cc(C)cc3C)c3ccc2[nH]3)cc1. The third kappa shape index (κ3) is 7.93. The van der Waals surface area contributed by atoms with Crippen LogP contribution in [-0.2, 0) is 11.2 Å². The van der Waals surface area contributed by atoms with Gasteiger partial charge < -0.3 is 19.9 Å². The summed E-state index contributed by atoms with van der Waals surface area (Å²) in [4.78, 5) is 27.7. The van der Waals surface area contributed by atoms with E-state index in [1.165, 1.54) is 84.1 Å². The number of H-pyrrole nitrogens is 4. The minimum Gasteiger partial charge on any atom is -0.354 e. The summed E-state index contributed by atoms with van der Waals surface area (Å²) in [6.07, 6.45) is 0.832. The van der Waals surface area contributed by atoms with Gasteiger partial charge in [0, 0.05) is 79.1 Å². The Morgan fingerprint density at radius 2 is 0.730 bits per heavy atom. The van der Waals surface area contributed by atoms with E-state index >= 15 is 0 Å². The molecule has 4 aromatic carbocycles. The van der Waals surface area contributed by atoms with E-state index in [-0.39, 0.29) is 5.12 Å². The van der Waals surface area contributed by atoms with E-state index in [0.29, 0.717) is 0 Å². The number of aromatic nitrogens is 4. The number of carbonyl (C=O) groups is 1. The fraction of sp³-hybridized carbons (Fsp3) is 0.211. The van der Waals surface area contributed by atoms with Crippen molar-refractivity contribution in [3.8, 4) is 0 Å². The monoisotopic (exact) mass is 844 g/mol. The molecule has 0 aliphatic carbocycles. The van der Waals surface area contributed by atoms with Crippen LogP contribution in [0.15, 0.2) is 109 Å². The lowest BCUT2D eigenvalue weighted by atomic mass is 9.91. The van der Waals surface area contributed by atoms with Crippen molar-refractivity contribution >= 4 is 39.2 Å². The van der Waals surface area contributed by atoms with Crippen LogP contribution in [0.2, 0.25) is 0 Å². The van der Waals surface area contributed by atoms with Crippen LogP contribution in [0.3, 0.4) is 0 Å². The highest BCUT2D eigenvalue weighted by Crippen LogP contribution is 2.34. The van der Waals surface area contributed by atoms with Crippen molar-refractivity contribution in [3.05, 3.63) is 231 Å². The van der Waals surface area contributed by atoms with Crippen molar-refractivity contribution in [2.75, 3.05) is 5.75 Å². The number of hydrogen-bond donors (Lipinski definition) is 4. The average Bonchev–Trinajstić information content (AvgIpc) is 4.05. The summed E-state index contributed by atoms with van der Waals surface area (Å²) in [5.74, 6) is 0.766. The van der Waals surface area contributed by atoms with Gasteiger partial charge in [0.05, 0.1) is 0 Å². The van der Waals surface area contributed by atoms with Crippen LogP contribution in [0.4, 0.5) is 0 Å². The number of benzene rings is 4. The second kappa shape index (κ2) is 16.7. The first kappa shape index (κ1) is 41.8. The molecule has 63 heavy (non-hydrogen) atoms. The molecule has 0 saturated heterocycles. The lowest BCUT2D eigenvalue weighted by molar-refractivity contribution is -0.109. The lowest BCUT2D eigenvalue weighted by Gasteiger charge is -2.16. The maximum Gasteiger partial charge on any atom is 0.185 e. The molecule has 0 unspecified atom stereocenters. The van der Waals surface area contributed by atoms with Gasteiger partial charge in [0.1, 0.15) is 0 Å². The number of aromatic amines is 4. The van der Waals surface area contributed by atoms with Crippen LogP contribution in [0, 0.1) is 62.3 Å². The van der Waals surface area contributed by atoms with Crippen molar-refractivity contribution in [2.24, 2.45) is 0 Å². The maximum absolute atomic E-state index is 11.7. The first-order valence-electron chi connectivity index (χ1n) is 22.0. The van der Waals surface area contributed by atoms with Crippen molar-refractivity contribution in [1.82, 2.24) is 19.9 Å². The molecule has 9 rings (SSSR count). The Bertz CT molecular complexity index is 3310. The van der Waals surface area contributed by atoms with Gasteiger partial charge in [0.25, 0.3) is 0 Å². The van der Waals surface area contributed by atoms with E-state index in [9.17, 15) is 4.79 Å². The number of thioether (sulfide) groups is 1. The zero-order valence-electron chi connectivity index (χ0n) is 38.1. The van der Waals surface area contributed by atoms with E-state index in [4.69, 9.17) is 0 Å². The van der Waals surface area contributed by atoms with Crippen LogP contribution in [0.5, 0.6) is 0 Å². The molecule has 6 heteroatoms. The number of nitrogens with one attached hydrogen (secondary N) is 4. The third-order valence-electron chi connectivity index (χ3n) is 12.6. The molecule has 0 saturated carbocycles. The van der Waals surface area contributed by atoms with Gasteiger partial charge in [-0.3, -0.25) is 4.79 Å². The summed E-state index contributed by atoms with van der Waals surface area (Å²) < 4.78 is 0. The second-order valence-electron chi connectivity index (χ2n) is 17.8. The number of fused-ring (bicyclic) bond motifs is 8. The maximum atomic E-state index is 11.7. The molecule has 8 aromatic rings. The smallest absolute Gasteiger partial charge is 0.185 e. The molecule has 1 aliphatic heterocycles. The van der Waals surface area contributed by atoms with Crippen molar-refractivity contribution in [2.45, 2.75) is 75.7 Å². The van der Waals surface area contributed by atoms with E-state index in [1.54, 1.807) is 6.92 Å². The topological polar surface area (TPSA) is 80.2 Å². The largest absolute Gasteiger partial charge is 0.354 e. The highest BCUT2D eigenvalue weighted by atomic mass is 32.2. The molecular formula is C57H56N4OS. The minimum atomic E-state index is 0.152. The fourth-order valence-corrected chi connectivity index (χ4v) is 10.9. The summed E-state index contributed by atoms with van der Waals surface area (Å²) in [7, 11) is 0. The first-order valence-corrected chi connectivity index (χ1v) is 23.0. The van der Waals surface area contributed by atoms with Crippen LogP contribution < -0.4 is 21.4 Å². The number of aryl methyl sites for hydroxylation is 10. The molecule has 0 radical (unpaired) electrons.